The second kappa shape index (κ2) is 16.7. The van der Waals surface area contributed by atoms with Gasteiger partial charge in [-0.25, -0.2) is 0 Å². The van der Waals surface area contributed by atoms with Crippen LogP contribution in [0.1, 0.15) is 62.5 Å². The number of hydrogen-bond acceptors (Lipinski definition) is 0. The zero-order valence-corrected chi connectivity index (χ0v) is 38.1. The molecule has 0 aromatic heterocycles. The summed E-state index contributed by atoms with van der Waals surface area (Å²) in [5.41, 5.74) is 13.3. The molecule has 6 heteroatoms. The summed E-state index contributed by atoms with van der Waals surface area (Å²) in [6.07, 6.45) is 22.2. The molecule has 4 aromatic carbocycles. The number of allylic oxidation sites excluding steroid dienone is 16. The third kappa shape index (κ3) is 7.44. The summed E-state index contributed by atoms with van der Waals surface area (Å²) in [6.45, 7) is 6.88. The SMILES string of the molecule is CCC1=[C]([Zr]([CH3])([CH3])(=[SiH2])[C]2=C(CC)C=C3C2=CC=CCC3c2ccc(-c3ccccc3)c(F)c2)C2=CC=CCC(c3ccc(-c4ccccc4)c(F)c3)C2=C1.Cl.Cl. The van der Waals surface area contributed by atoms with E-state index in [0.29, 0.717) is 11.1 Å². The molecule has 0 amide bonds. The van der Waals surface area contributed by atoms with E-state index in [4.69, 9.17) is 0 Å². The molecule has 56 heavy (non-hydrogen) atoms. The Morgan fingerprint density at radius 1 is 0.589 bits per heavy atom. The molecule has 2 atom stereocenters. The van der Waals surface area contributed by atoms with Gasteiger partial charge >= 0.3 is 324 Å². The maximum atomic E-state index is 15.9. The molecular formula is C50H50Cl2F2SiZr. The molecule has 4 aliphatic rings. The summed E-state index contributed by atoms with van der Waals surface area (Å²) in [4.78, 5) is 0. The van der Waals surface area contributed by atoms with Gasteiger partial charge in [0.05, 0.1) is 0 Å². The molecule has 0 aliphatic heterocycles. The van der Waals surface area contributed by atoms with Gasteiger partial charge in [-0.15, -0.1) is 24.8 Å². The van der Waals surface area contributed by atoms with Gasteiger partial charge in [0.25, 0.3) is 0 Å². The fraction of sp³-hybridized carbons (Fsp3) is 0.200. The third-order valence-electron chi connectivity index (χ3n) is 12.1. The molecule has 0 heterocycles. The van der Waals surface area contributed by atoms with Crippen LogP contribution in [0.3, 0.4) is 0 Å². The van der Waals surface area contributed by atoms with E-state index in [0.717, 1.165) is 47.9 Å². The Morgan fingerprint density at radius 3 is 1.34 bits per heavy atom. The normalized spacial score (nSPS) is 19.1. The fourth-order valence-electron chi connectivity index (χ4n) is 9.66. The minimum Gasteiger partial charge on any atom is -0.147 e. The van der Waals surface area contributed by atoms with E-state index in [2.05, 4.69) is 90.7 Å². The Bertz CT molecular complexity index is 2340. The molecule has 4 aliphatic carbocycles. The minimum atomic E-state index is -4.08. The van der Waals surface area contributed by atoms with Crippen molar-refractivity contribution < 1.29 is 26.2 Å². The van der Waals surface area contributed by atoms with Gasteiger partial charge in [0, 0.05) is 0 Å². The molecule has 4 aromatic rings. The van der Waals surface area contributed by atoms with E-state index in [1.165, 1.54) is 33.4 Å². The summed E-state index contributed by atoms with van der Waals surface area (Å²) in [5.74, 6) is -0.213. The predicted molar refractivity (Wildman–Crippen MR) is 238 cm³/mol. The van der Waals surface area contributed by atoms with Crippen LogP contribution in [-0.4, -0.2) is 6.88 Å². The minimum absolute atomic E-state index is 0. The summed E-state index contributed by atoms with van der Waals surface area (Å²) in [6, 6.07) is 31.4. The van der Waals surface area contributed by atoms with E-state index < -0.39 is 17.4 Å². The number of hydrogen-bond donors (Lipinski definition) is 0. The molecule has 0 saturated carbocycles. The molecule has 0 nitrogen and oxygen atoms in total. The van der Waals surface area contributed by atoms with Crippen molar-refractivity contribution in [2.24, 2.45) is 0 Å². The predicted octanol–water partition coefficient (Wildman–Crippen LogP) is 14.3. The van der Waals surface area contributed by atoms with E-state index in [1.807, 2.05) is 72.8 Å². The van der Waals surface area contributed by atoms with E-state index in [-0.39, 0.29) is 48.3 Å². The topological polar surface area (TPSA) is 0 Å². The van der Waals surface area contributed by atoms with E-state index in [1.54, 1.807) is 18.7 Å². The number of halogens is 4. The molecule has 0 fully saturated rings. The van der Waals surface area contributed by atoms with E-state index >= 15 is 8.78 Å². The first kappa shape index (κ1) is 42.0. The monoisotopic (exact) mass is 876 g/mol. The quantitative estimate of drug-likeness (QED) is 0.155. The van der Waals surface area contributed by atoms with Crippen LogP contribution >= 0.6 is 24.8 Å². The molecule has 286 valence electrons. The molecule has 0 N–H and O–H groups in total. The fourth-order valence-corrected chi connectivity index (χ4v) is 26.9. The van der Waals surface area contributed by atoms with Crippen LogP contribution < -0.4 is 0 Å². The molecular weight excluding hydrogens is 829 g/mol. The Hall–Kier alpha value is -3.66. The number of benzene rings is 4. The van der Waals surface area contributed by atoms with Crippen molar-refractivity contribution in [2.45, 2.75) is 60.6 Å². The molecule has 0 spiro atoms. The maximum Gasteiger partial charge on any atom is -0.147 e. The molecule has 8 rings (SSSR count). The van der Waals surface area contributed by atoms with Gasteiger partial charge in [-0.2, -0.15) is 0 Å². The van der Waals surface area contributed by atoms with Crippen molar-refractivity contribution in [3.05, 3.63) is 208 Å². The van der Waals surface area contributed by atoms with Crippen LogP contribution in [-0.2, 0) is 17.4 Å². The van der Waals surface area contributed by atoms with Gasteiger partial charge in [-0.05, 0) is 0 Å². The van der Waals surface area contributed by atoms with Crippen LogP contribution in [0.2, 0.25) is 9.26 Å². The zero-order chi connectivity index (χ0) is 37.6. The first-order chi connectivity index (χ1) is 26.1. The Labute approximate surface area is 346 Å². The smallest absolute Gasteiger partial charge is 0.147 e. The van der Waals surface area contributed by atoms with E-state index in [9.17, 15) is 0 Å². The molecule has 0 saturated heterocycles. The average Bonchev–Trinajstić information content (AvgIpc) is 3.60. The zero-order valence-electron chi connectivity index (χ0n) is 32.6. The number of rotatable bonds is 8. The maximum absolute atomic E-state index is 15.9. The Morgan fingerprint density at radius 2 is 0.982 bits per heavy atom. The number of fused-ring (bicyclic) bond motifs is 2. The van der Waals surface area contributed by atoms with Crippen LogP contribution in [0.4, 0.5) is 8.78 Å². The summed E-state index contributed by atoms with van der Waals surface area (Å²) in [5, 5.41) is 0. The first-order valence-electron chi connectivity index (χ1n) is 19.5. The van der Waals surface area contributed by atoms with Crippen LogP contribution in [0, 0.1) is 11.6 Å². The van der Waals surface area contributed by atoms with Crippen molar-refractivity contribution >= 4 is 31.7 Å². The van der Waals surface area contributed by atoms with Gasteiger partial charge in [0.15, 0.2) is 0 Å². The van der Waals surface area contributed by atoms with Crippen molar-refractivity contribution in [3.8, 4) is 22.3 Å². The molecule has 0 radical (unpaired) electrons. The van der Waals surface area contributed by atoms with Crippen LogP contribution in [0.15, 0.2) is 186 Å². The first-order valence-corrected chi connectivity index (χ1v) is 32.8. The van der Waals surface area contributed by atoms with Gasteiger partial charge in [0.1, 0.15) is 0 Å². The van der Waals surface area contributed by atoms with Gasteiger partial charge in [-0.1, -0.05) is 0 Å². The van der Waals surface area contributed by atoms with Gasteiger partial charge in [-0.3, -0.25) is 0 Å². The van der Waals surface area contributed by atoms with Crippen molar-refractivity contribution in [3.63, 3.8) is 0 Å². The summed E-state index contributed by atoms with van der Waals surface area (Å²) < 4.78 is 40.1. The largest absolute Gasteiger partial charge is 0.147 e. The average molecular weight is 879 g/mol. The second-order valence-electron chi connectivity index (χ2n) is 16.2. The third-order valence-corrected chi connectivity index (χ3v) is 27.0. The molecule has 2 unspecified atom stereocenters. The second-order valence-corrected chi connectivity index (χ2v) is 44.4. The Kier molecular flexibility index (Phi) is 12.5. The van der Waals surface area contributed by atoms with Crippen molar-refractivity contribution in [1.29, 1.82) is 0 Å². The van der Waals surface area contributed by atoms with Crippen molar-refractivity contribution in [2.75, 3.05) is 0 Å². The van der Waals surface area contributed by atoms with Crippen LogP contribution in [0.5, 0.6) is 0 Å². The van der Waals surface area contributed by atoms with Crippen LogP contribution in [0.25, 0.3) is 22.3 Å². The Balaban J connectivity index is 0.00000266. The standard InChI is InChI=1S/2C24H20F.2CH3.2ClH.H2Si.Zr/c2*1-2-17-14-19-10-6-7-11-21(23(19)15-17)20-12-13-22(24(25)16-20)18-8-4-3-5-9-18;;;;;;/h2*3-10,12-13,15-16,21H,2,11H2,1H3;2*1H3;2*1H;1H2;. The summed E-state index contributed by atoms with van der Waals surface area (Å²) >= 11 is -4.08. The van der Waals surface area contributed by atoms with Gasteiger partial charge < -0.3 is 0 Å². The van der Waals surface area contributed by atoms with Gasteiger partial charge in [0.2, 0.25) is 0 Å². The van der Waals surface area contributed by atoms with Crippen molar-refractivity contribution in [1.82, 2.24) is 0 Å². The molecule has 0 bridgehead atoms. The summed E-state index contributed by atoms with van der Waals surface area (Å²) in [7, 11) is 0.